The van der Waals surface area contributed by atoms with Crippen LogP contribution in [0.5, 0.6) is 0 Å². The van der Waals surface area contributed by atoms with Gasteiger partial charge in [0.15, 0.2) is 11.7 Å². The van der Waals surface area contributed by atoms with E-state index in [1.807, 2.05) is 36.6 Å². The predicted molar refractivity (Wildman–Crippen MR) is 114 cm³/mol. The molecule has 2 aromatic heterocycles. The Labute approximate surface area is 182 Å². The molecular weight excluding hydrogens is 418 g/mol. The highest BCUT2D eigenvalue weighted by Crippen LogP contribution is 2.25. The maximum absolute atomic E-state index is 12.3. The van der Waals surface area contributed by atoms with Crippen LogP contribution in [-0.4, -0.2) is 40.8 Å². The van der Waals surface area contributed by atoms with Crippen LogP contribution in [0.3, 0.4) is 0 Å². The number of furan rings is 1. The van der Waals surface area contributed by atoms with Crippen molar-refractivity contribution in [3.63, 3.8) is 0 Å². The molecule has 0 unspecified atom stereocenters. The Hall–Kier alpha value is -3.46. The Bertz CT molecular complexity index is 1080. The van der Waals surface area contributed by atoms with Gasteiger partial charge in [0.25, 0.3) is 5.91 Å². The van der Waals surface area contributed by atoms with Crippen molar-refractivity contribution >= 4 is 34.3 Å². The number of rotatable bonds is 7. The first-order valence-electron chi connectivity index (χ1n) is 9.77. The number of amides is 2. The van der Waals surface area contributed by atoms with Crippen LogP contribution in [0.1, 0.15) is 17.7 Å². The maximum atomic E-state index is 12.3. The number of anilines is 1. The van der Waals surface area contributed by atoms with Crippen LogP contribution in [0, 0.1) is 12.8 Å². The van der Waals surface area contributed by atoms with Gasteiger partial charge in [0.05, 0.1) is 24.4 Å². The van der Waals surface area contributed by atoms with Gasteiger partial charge in [-0.05, 0) is 19.1 Å². The van der Waals surface area contributed by atoms with Crippen LogP contribution in [0.2, 0.25) is 0 Å². The van der Waals surface area contributed by atoms with E-state index in [0.717, 1.165) is 16.8 Å². The van der Waals surface area contributed by atoms with Crippen LogP contribution in [-0.2, 0) is 25.7 Å². The molecule has 0 spiro atoms. The van der Waals surface area contributed by atoms with E-state index in [-0.39, 0.29) is 18.9 Å². The van der Waals surface area contributed by atoms with Crippen molar-refractivity contribution < 1.29 is 23.5 Å². The number of carbonyl (C=O) groups excluding carboxylic acids is 3. The third-order valence-electron chi connectivity index (χ3n) is 4.92. The molecule has 2 amide bonds. The number of hydrogen-bond donors (Lipinski definition) is 1. The lowest BCUT2D eigenvalue weighted by molar-refractivity contribution is -0.151. The number of ether oxygens (including phenoxy) is 1. The van der Waals surface area contributed by atoms with Crippen LogP contribution in [0.4, 0.5) is 5.13 Å². The molecule has 3 heterocycles. The fourth-order valence-electron chi connectivity index (χ4n) is 3.27. The largest absolute Gasteiger partial charge is 0.467 e. The molecular formula is C22H21N3O5S. The van der Waals surface area contributed by atoms with E-state index in [0.29, 0.717) is 17.4 Å². The summed E-state index contributed by atoms with van der Waals surface area (Å²) in [5.74, 6) is -1.13. The first kappa shape index (κ1) is 20.8. The minimum atomic E-state index is -0.594. The van der Waals surface area contributed by atoms with E-state index in [9.17, 15) is 14.4 Å². The molecule has 3 aromatic rings. The van der Waals surface area contributed by atoms with Gasteiger partial charge < -0.3 is 14.1 Å². The van der Waals surface area contributed by atoms with E-state index < -0.39 is 24.4 Å². The second kappa shape index (κ2) is 9.13. The first-order chi connectivity index (χ1) is 15.0. The van der Waals surface area contributed by atoms with Gasteiger partial charge in [0.1, 0.15) is 5.76 Å². The molecule has 1 fully saturated rings. The maximum Gasteiger partial charge on any atom is 0.311 e. The lowest BCUT2D eigenvalue weighted by atomic mass is 10.1. The molecule has 8 nitrogen and oxygen atoms in total. The predicted octanol–water partition coefficient (Wildman–Crippen LogP) is 3.24. The van der Waals surface area contributed by atoms with Gasteiger partial charge in [-0.15, -0.1) is 11.3 Å². The number of aryl methyl sites for hydroxylation is 1. The van der Waals surface area contributed by atoms with E-state index in [2.05, 4.69) is 10.3 Å². The van der Waals surface area contributed by atoms with Gasteiger partial charge in [0, 0.05) is 23.9 Å². The van der Waals surface area contributed by atoms with Gasteiger partial charge in [-0.1, -0.05) is 29.8 Å². The molecule has 160 valence electrons. The van der Waals surface area contributed by atoms with Gasteiger partial charge in [-0.3, -0.25) is 19.7 Å². The molecule has 1 atom stereocenters. The minimum Gasteiger partial charge on any atom is -0.467 e. The second-order valence-electron chi connectivity index (χ2n) is 7.31. The van der Waals surface area contributed by atoms with Gasteiger partial charge in [0.2, 0.25) is 5.91 Å². The van der Waals surface area contributed by atoms with Crippen LogP contribution >= 0.6 is 11.3 Å². The third-order valence-corrected chi connectivity index (χ3v) is 5.68. The van der Waals surface area contributed by atoms with Crippen molar-refractivity contribution in [3.8, 4) is 11.3 Å². The lowest BCUT2D eigenvalue weighted by Crippen LogP contribution is -2.28. The van der Waals surface area contributed by atoms with Crippen molar-refractivity contribution in [2.75, 3.05) is 18.5 Å². The zero-order valence-corrected chi connectivity index (χ0v) is 17.7. The van der Waals surface area contributed by atoms with E-state index in [4.69, 9.17) is 9.15 Å². The molecule has 1 aliphatic rings. The third kappa shape index (κ3) is 5.18. The highest BCUT2D eigenvalue weighted by molar-refractivity contribution is 7.14. The SMILES string of the molecule is Cc1ccc(-c2csc(NC(=O)COC(=O)[C@H]3CC(=O)N(Cc4ccco4)C3)n2)cc1. The van der Waals surface area contributed by atoms with Crippen LogP contribution in [0.15, 0.2) is 52.5 Å². The second-order valence-corrected chi connectivity index (χ2v) is 8.17. The summed E-state index contributed by atoms with van der Waals surface area (Å²) in [4.78, 5) is 42.5. The Balaban J connectivity index is 1.25. The Morgan fingerprint density at radius 1 is 1.29 bits per heavy atom. The molecule has 0 aliphatic carbocycles. The number of nitrogens with one attached hydrogen (secondary N) is 1. The monoisotopic (exact) mass is 439 g/mol. The minimum absolute atomic E-state index is 0.0630. The van der Waals surface area contributed by atoms with Crippen LogP contribution in [0.25, 0.3) is 11.3 Å². The summed E-state index contributed by atoms with van der Waals surface area (Å²) in [6.45, 7) is 2.13. The van der Waals surface area contributed by atoms with Crippen molar-refractivity contribution in [1.29, 1.82) is 0 Å². The van der Waals surface area contributed by atoms with Crippen LogP contribution < -0.4 is 5.32 Å². The smallest absolute Gasteiger partial charge is 0.311 e. The molecule has 1 aliphatic heterocycles. The molecule has 1 N–H and O–H groups in total. The quantitative estimate of drug-likeness (QED) is 0.567. The number of likely N-dealkylation sites (tertiary alicyclic amines) is 1. The summed E-state index contributed by atoms with van der Waals surface area (Å²) >= 11 is 1.29. The average Bonchev–Trinajstić information content (AvgIpc) is 3.50. The summed E-state index contributed by atoms with van der Waals surface area (Å²) < 4.78 is 10.4. The van der Waals surface area contributed by atoms with E-state index >= 15 is 0 Å². The summed E-state index contributed by atoms with van der Waals surface area (Å²) in [5, 5.41) is 4.92. The molecule has 0 radical (unpaired) electrons. The van der Waals surface area contributed by atoms with E-state index in [1.54, 1.807) is 17.0 Å². The fraction of sp³-hybridized carbons (Fsp3) is 0.273. The van der Waals surface area contributed by atoms with Gasteiger partial charge in [-0.25, -0.2) is 4.98 Å². The summed E-state index contributed by atoms with van der Waals surface area (Å²) in [7, 11) is 0. The fourth-order valence-corrected chi connectivity index (χ4v) is 4.01. The van der Waals surface area contributed by atoms with Gasteiger partial charge >= 0.3 is 5.97 Å². The topological polar surface area (TPSA) is 102 Å². The number of esters is 1. The summed E-state index contributed by atoms with van der Waals surface area (Å²) in [5.41, 5.74) is 2.87. The number of nitrogens with zero attached hydrogens (tertiary/aromatic N) is 2. The molecule has 9 heteroatoms. The Morgan fingerprint density at radius 3 is 2.84 bits per heavy atom. The number of benzene rings is 1. The van der Waals surface area contributed by atoms with Crippen molar-refractivity contribution in [2.45, 2.75) is 19.9 Å². The number of thiazole rings is 1. The highest BCUT2D eigenvalue weighted by atomic mass is 32.1. The highest BCUT2D eigenvalue weighted by Gasteiger charge is 2.35. The van der Waals surface area contributed by atoms with E-state index in [1.165, 1.54) is 17.6 Å². The van der Waals surface area contributed by atoms with Crippen molar-refractivity contribution in [2.24, 2.45) is 5.92 Å². The average molecular weight is 439 g/mol. The van der Waals surface area contributed by atoms with Crippen molar-refractivity contribution in [1.82, 2.24) is 9.88 Å². The lowest BCUT2D eigenvalue weighted by Gasteiger charge is -2.14. The first-order valence-corrected chi connectivity index (χ1v) is 10.6. The standard InChI is InChI=1S/C22H21N3O5S/c1-14-4-6-15(7-5-14)18-13-31-22(23-18)24-19(26)12-30-21(28)16-9-20(27)25(10-16)11-17-3-2-8-29-17/h2-8,13,16H,9-12H2,1H3,(H,23,24,26)/t16-/m0/s1. The molecule has 1 aromatic carbocycles. The number of hydrogen-bond acceptors (Lipinski definition) is 7. The molecule has 1 saturated heterocycles. The normalized spacial score (nSPS) is 15.8. The zero-order valence-electron chi connectivity index (χ0n) is 16.9. The summed E-state index contributed by atoms with van der Waals surface area (Å²) in [6.07, 6.45) is 1.60. The summed E-state index contributed by atoms with van der Waals surface area (Å²) in [6, 6.07) is 11.4. The van der Waals surface area contributed by atoms with Crippen molar-refractivity contribution in [3.05, 3.63) is 59.4 Å². The molecule has 4 rings (SSSR count). The zero-order chi connectivity index (χ0) is 21.8. The number of aromatic nitrogens is 1. The molecule has 31 heavy (non-hydrogen) atoms. The number of carbonyl (C=O) groups is 3. The Kier molecular flexibility index (Phi) is 6.13. The molecule has 0 bridgehead atoms. The Morgan fingerprint density at radius 2 is 2.10 bits per heavy atom. The van der Waals surface area contributed by atoms with Gasteiger partial charge in [-0.2, -0.15) is 0 Å². The molecule has 0 saturated carbocycles.